The monoisotopic (exact) mass is 264 g/mol. The van der Waals surface area contributed by atoms with Crippen molar-refractivity contribution in [2.24, 2.45) is 5.92 Å². The predicted molar refractivity (Wildman–Crippen MR) is 78.3 cm³/mol. The zero-order valence-electron chi connectivity index (χ0n) is 12.8. The van der Waals surface area contributed by atoms with Crippen LogP contribution < -0.4 is 5.32 Å². The van der Waals surface area contributed by atoms with Gasteiger partial charge in [-0.2, -0.15) is 0 Å². The average molecular weight is 264 g/mol. The van der Waals surface area contributed by atoms with Crippen LogP contribution in [0.4, 0.5) is 0 Å². The molecule has 0 aliphatic heterocycles. The molecule has 0 bridgehead atoms. The summed E-state index contributed by atoms with van der Waals surface area (Å²) in [5.41, 5.74) is 0.162. The normalized spacial score (nSPS) is 24.6. The van der Waals surface area contributed by atoms with E-state index >= 15 is 0 Å². The molecule has 1 aliphatic carbocycles. The summed E-state index contributed by atoms with van der Waals surface area (Å²) < 4.78 is 5.92. The van der Waals surface area contributed by atoms with Gasteiger partial charge >= 0.3 is 0 Å². The molecule has 0 atom stereocenters. The summed E-state index contributed by atoms with van der Waals surface area (Å²) in [7, 11) is 0. The minimum atomic E-state index is 0.162. The van der Waals surface area contributed by atoms with Gasteiger partial charge in [0.1, 0.15) is 5.76 Å². The summed E-state index contributed by atoms with van der Waals surface area (Å²) in [4.78, 5) is 4.42. The fourth-order valence-corrected chi connectivity index (χ4v) is 2.72. The van der Waals surface area contributed by atoms with Gasteiger partial charge < -0.3 is 9.73 Å². The topological polar surface area (TPSA) is 38.1 Å². The summed E-state index contributed by atoms with van der Waals surface area (Å²) in [6.07, 6.45) is 8.00. The lowest BCUT2D eigenvalue weighted by Crippen LogP contribution is -2.37. The molecular formula is C16H28N2O. The lowest BCUT2D eigenvalue weighted by Gasteiger charge is -2.24. The van der Waals surface area contributed by atoms with Gasteiger partial charge in [0.05, 0.1) is 6.20 Å². The molecule has 2 rings (SSSR count). The SMILES string of the molecule is CC1CCC(c2cnc(CCNC(C)(C)C)o2)CC1. The van der Waals surface area contributed by atoms with Crippen molar-refractivity contribution in [3.8, 4) is 0 Å². The highest BCUT2D eigenvalue weighted by Gasteiger charge is 2.22. The van der Waals surface area contributed by atoms with Crippen LogP contribution in [0.25, 0.3) is 0 Å². The molecule has 0 spiro atoms. The molecule has 3 heteroatoms. The summed E-state index contributed by atoms with van der Waals surface area (Å²) in [6, 6.07) is 0. The molecule has 1 N–H and O–H groups in total. The predicted octanol–water partition coefficient (Wildman–Crippen LogP) is 3.90. The highest BCUT2D eigenvalue weighted by Crippen LogP contribution is 2.35. The van der Waals surface area contributed by atoms with Crippen LogP contribution in [0, 0.1) is 5.92 Å². The first-order chi connectivity index (χ1) is 8.94. The van der Waals surface area contributed by atoms with Crippen molar-refractivity contribution >= 4 is 0 Å². The summed E-state index contributed by atoms with van der Waals surface area (Å²) in [5, 5.41) is 3.46. The van der Waals surface area contributed by atoms with E-state index in [2.05, 4.69) is 38.0 Å². The standard InChI is InChI=1S/C16H28N2O/c1-12-5-7-13(8-6-12)14-11-17-15(19-14)9-10-18-16(2,3)4/h11-13,18H,5-10H2,1-4H3. The molecule has 3 nitrogen and oxygen atoms in total. The first-order valence-electron chi connectivity index (χ1n) is 7.63. The second-order valence-corrected chi connectivity index (χ2v) is 7.04. The van der Waals surface area contributed by atoms with E-state index in [1.165, 1.54) is 25.7 Å². The molecule has 0 saturated heterocycles. The third-order valence-electron chi connectivity index (χ3n) is 3.98. The number of nitrogens with one attached hydrogen (secondary N) is 1. The molecule has 0 amide bonds. The zero-order chi connectivity index (χ0) is 13.9. The van der Waals surface area contributed by atoms with Crippen LogP contribution in [-0.2, 0) is 6.42 Å². The first-order valence-corrected chi connectivity index (χ1v) is 7.63. The molecule has 108 valence electrons. The van der Waals surface area contributed by atoms with E-state index < -0.39 is 0 Å². The minimum Gasteiger partial charge on any atom is -0.445 e. The Labute approximate surface area is 117 Å². The van der Waals surface area contributed by atoms with Gasteiger partial charge in [-0.3, -0.25) is 0 Å². The third kappa shape index (κ3) is 4.64. The highest BCUT2D eigenvalue weighted by molar-refractivity contribution is 5.03. The molecule has 1 aromatic rings. The number of aromatic nitrogens is 1. The van der Waals surface area contributed by atoms with Crippen molar-refractivity contribution in [1.82, 2.24) is 10.3 Å². The van der Waals surface area contributed by atoms with Crippen molar-refractivity contribution in [3.63, 3.8) is 0 Å². The van der Waals surface area contributed by atoms with Crippen LogP contribution in [0.3, 0.4) is 0 Å². The van der Waals surface area contributed by atoms with E-state index in [-0.39, 0.29) is 5.54 Å². The fraction of sp³-hybridized carbons (Fsp3) is 0.812. The molecule has 19 heavy (non-hydrogen) atoms. The van der Waals surface area contributed by atoms with Crippen molar-refractivity contribution in [1.29, 1.82) is 0 Å². The van der Waals surface area contributed by atoms with Gasteiger partial charge in [0, 0.05) is 24.4 Å². The van der Waals surface area contributed by atoms with Gasteiger partial charge in [-0.1, -0.05) is 19.8 Å². The molecule has 0 radical (unpaired) electrons. The fourth-order valence-electron chi connectivity index (χ4n) is 2.72. The van der Waals surface area contributed by atoms with Crippen LogP contribution in [0.2, 0.25) is 0 Å². The smallest absolute Gasteiger partial charge is 0.195 e. The first kappa shape index (κ1) is 14.6. The summed E-state index contributed by atoms with van der Waals surface area (Å²) >= 11 is 0. The van der Waals surface area contributed by atoms with Crippen molar-refractivity contribution in [2.45, 2.75) is 71.3 Å². The number of oxazole rings is 1. The number of rotatable bonds is 4. The minimum absolute atomic E-state index is 0.162. The third-order valence-corrected chi connectivity index (χ3v) is 3.98. The molecule has 0 unspecified atom stereocenters. The highest BCUT2D eigenvalue weighted by atomic mass is 16.4. The van der Waals surface area contributed by atoms with Gasteiger partial charge in [-0.05, 0) is 39.5 Å². The van der Waals surface area contributed by atoms with Gasteiger partial charge in [-0.25, -0.2) is 4.98 Å². The molecule has 1 aliphatic rings. The lowest BCUT2D eigenvalue weighted by molar-refractivity contribution is 0.307. The second kappa shape index (κ2) is 6.08. The van der Waals surface area contributed by atoms with Crippen LogP contribution in [-0.4, -0.2) is 17.1 Å². The van der Waals surface area contributed by atoms with E-state index in [1.807, 2.05) is 6.20 Å². The van der Waals surface area contributed by atoms with E-state index in [9.17, 15) is 0 Å². The number of hydrogen-bond acceptors (Lipinski definition) is 3. The number of hydrogen-bond donors (Lipinski definition) is 1. The lowest BCUT2D eigenvalue weighted by atomic mass is 9.82. The largest absolute Gasteiger partial charge is 0.445 e. The van der Waals surface area contributed by atoms with E-state index in [4.69, 9.17) is 4.42 Å². The van der Waals surface area contributed by atoms with Crippen LogP contribution in [0.5, 0.6) is 0 Å². The van der Waals surface area contributed by atoms with Crippen molar-refractivity contribution in [3.05, 3.63) is 17.8 Å². The zero-order valence-corrected chi connectivity index (χ0v) is 12.8. The average Bonchev–Trinajstić information content (AvgIpc) is 2.77. The number of nitrogens with zero attached hydrogens (tertiary/aromatic N) is 1. The van der Waals surface area contributed by atoms with Crippen LogP contribution in [0.1, 0.15) is 70.9 Å². The van der Waals surface area contributed by atoms with E-state index in [0.29, 0.717) is 5.92 Å². The van der Waals surface area contributed by atoms with Crippen molar-refractivity contribution in [2.75, 3.05) is 6.54 Å². The van der Waals surface area contributed by atoms with E-state index in [1.54, 1.807) is 0 Å². The van der Waals surface area contributed by atoms with Gasteiger partial charge in [0.15, 0.2) is 5.89 Å². The molecule has 0 aromatic carbocycles. The van der Waals surface area contributed by atoms with Crippen molar-refractivity contribution < 1.29 is 4.42 Å². The Morgan fingerprint density at radius 3 is 2.58 bits per heavy atom. The van der Waals surface area contributed by atoms with Gasteiger partial charge in [0.25, 0.3) is 0 Å². The molecule has 1 aromatic heterocycles. The maximum atomic E-state index is 5.92. The Morgan fingerprint density at radius 2 is 1.95 bits per heavy atom. The Hall–Kier alpha value is -0.830. The van der Waals surface area contributed by atoms with Crippen LogP contribution in [0.15, 0.2) is 10.6 Å². The molecule has 1 fully saturated rings. The molecule has 1 saturated carbocycles. The second-order valence-electron chi connectivity index (χ2n) is 7.04. The van der Waals surface area contributed by atoms with Crippen LogP contribution >= 0.6 is 0 Å². The maximum absolute atomic E-state index is 5.92. The summed E-state index contributed by atoms with van der Waals surface area (Å²) in [5.74, 6) is 3.48. The quantitative estimate of drug-likeness (QED) is 0.896. The molecule has 1 heterocycles. The Bertz CT molecular complexity index is 384. The Morgan fingerprint density at radius 1 is 1.26 bits per heavy atom. The summed E-state index contributed by atoms with van der Waals surface area (Å²) in [6.45, 7) is 9.80. The van der Waals surface area contributed by atoms with Gasteiger partial charge in [-0.15, -0.1) is 0 Å². The van der Waals surface area contributed by atoms with E-state index in [0.717, 1.165) is 30.5 Å². The maximum Gasteiger partial charge on any atom is 0.195 e. The van der Waals surface area contributed by atoms with Gasteiger partial charge in [0.2, 0.25) is 0 Å². The molecular weight excluding hydrogens is 236 g/mol. The Balaban J connectivity index is 1.82. The Kier molecular flexibility index (Phi) is 4.67.